The number of benzene rings is 1. The van der Waals surface area contributed by atoms with Crippen LogP contribution in [0, 0.1) is 6.92 Å². The predicted octanol–water partition coefficient (Wildman–Crippen LogP) is 2.58. The first-order valence-electron chi connectivity index (χ1n) is 10.8. The van der Waals surface area contributed by atoms with Gasteiger partial charge in [0.25, 0.3) is 0 Å². The Kier molecular flexibility index (Phi) is 7.57. The number of nitrogens with one attached hydrogen (secondary N) is 3. The van der Waals surface area contributed by atoms with Gasteiger partial charge >= 0.3 is 0 Å². The van der Waals surface area contributed by atoms with Crippen molar-refractivity contribution in [3.05, 3.63) is 29.8 Å². The summed E-state index contributed by atoms with van der Waals surface area (Å²) < 4.78 is 0. The van der Waals surface area contributed by atoms with Gasteiger partial charge in [-0.2, -0.15) is 0 Å². The Bertz CT molecular complexity index is 651. The number of nitrogens with zero attached hydrogens (tertiary/aromatic N) is 2. The minimum atomic E-state index is 0.123. The van der Waals surface area contributed by atoms with Crippen molar-refractivity contribution in [2.45, 2.75) is 64.5 Å². The molecule has 1 atom stereocenters. The number of hydrogen-bond acceptors (Lipinski definition) is 3. The molecule has 28 heavy (non-hydrogen) atoms. The molecular weight excluding hydrogens is 350 g/mol. The fourth-order valence-corrected chi connectivity index (χ4v) is 4.02. The van der Waals surface area contributed by atoms with Gasteiger partial charge in [-0.25, -0.2) is 0 Å². The van der Waals surface area contributed by atoms with Gasteiger partial charge in [0.15, 0.2) is 5.96 Å². The Hall–Kier alpha value is -2.24. The zero-order valence-electron chi connectivity index (χ0n) is 17.3. The van der Waals surface area contributed by atoms with Crippen LogP contribution in [0.5, 0.6) is 0 Å². The van der Waals surface area contributed by atoms with Crippen molar-refractivity contribution in [3.63, 3.8) is 0 Å². The van der Waals surface area contributed by atoms with Crippen LogP contribution in [0.2, 0.25) is 0 Å². The molecule has 1 aliphatic carbocycles. The maximum absolute atomic E-state index is 12.1. The Morgan fingerprint density at radius 3 is 2.57 bits per heavy atom. The topological polar surface area (TPSA) is 68.8 Å². The molecule has 2 aliphatic rings. The quantitative estimate of drug-likeness (QED) is 0.498. The van der Waals surface area contributed by atoms with E-state index in [0.29, 0.717) is 25.0 Å². The van der Waals surface area contributed by atoms with Gasteiger partial charge in [-0.1, -0.05) is 30.5 Å². The van der Waals surface area contributed by atoms with Crippen LogP contribution in [-0.2, 0) is 4.79 Å². The summed E-state index contributed by atoms with van der Waals surface area (Å²) in [6.07, 6.45) is 6.25. The molecule has 3 rings (SSSR count). The monoisotopic (exact) mass is 385 g/mol. The molecule has 1 saturated heterocycles. The first-order chi connectivity index (χ1) is 13.6. The second-order valence-electron chi connectivity index (χ2n) is 7.97. The van der Waals surface area contributed by atoms with E-state index in [9.17, 15) is 4.79 Å². The number of hydrogen-bond donors (Lipinski definition) is 3. The van der Waals surface area contributed by atoms with E-state index in [1.807, 2.05) is 0 Å². The third-order valence-electron chi connectivity index (χ3n) is 5.60. The maximum atomic E-state index is 12.1. The number of aliphatic imine (C=N–C) groups is 1. The molecule has 0 spiro atoms. The smallest absolute Gasteiger partial charge is 0.222 e. The standard InChI is InChI=1S/C22H35N5O/c1-3-23-22(24-14-12-21(28)25-18-6-4-5-7-18)26-19-13-15-27(16-19)20-10-8-17(2)9-11-20/h8-11,18-19H,3-7,12-16H2,1-2H3,(H,25,28)(H2,23,24,26). The van der Waals surface area contributed by atoms with Crippen LogP contribution in [-0.4, -0.2) is 50.1 Å². The van der Waals surface area contributed by atoms with Gasteiger partial charge in [0.2, 0.25) is 5.91 Å². The molecule has 1 saturated carbocycles. The lowest BCUT2D eigenvalue weighted by Crippen LogP contribution is -2.44. The minimum absolute atomic E-state index is 0.123. The number of rotatable bonds is 7. The second kappa shape index (κ2) is 10.3. The van der Waals surface area contributed by atoms with Gasteiger partial charge in [-0.15, -0.1) is 0 Å². The highest BCUT2D eigenvalue weighted by Gasteiger charge is 2.23. The number of anilines is 1. The van der Waals surface area contributed by atoms with Crippen LogP contribution >= 0.6 is 0 Å². The van der Waals surface area contributed by atoms with E-state index in [1.165, 1.54) is 24.1 Å². The van der Waals surface area contributed by atoms with E-state index >= 15 is 0 Å². The van der Waals surface area contributed by atoms with Crippen LogP contribution in [0.4, 0.5) is 5.69 Å². The molecule has 1 heterocycles. The van der Waals surface area contributed by atoms with Gasteiger partial charge in [0.1, 0.15) is 0 Å². The molecule has 1 amide bonds. The minimum Gasteiger partial charge on any atom is -0.369 e. The summed E-state index contributed by atoms with van der Waals surface area (Å²) in [6.45, 7) is 7.53. The van der Waals surface area contributed by atoms with E-state index < -0.39 is 0 Å². The summed E-state index contributed by atoms with van der Waals surface area (Å²) in [5.41, 5.74) is 2.57. The lowest BCUT2D eigenvalue weighted by molar-refractivity contribution is -0.121. The third-order valence-corrected chi connectivity index (χ3v) is 5.60. The summed E-state index contributed by atoms with van der Waals surface area (Å²) in [7, 11) is 0. The Morgan fingerprint density at radius 2 is 1.86 bits per heavy atom. The van der Waals surface area contributed by atoms with Crippen molar-refractivity contribution < 1.29 is 4.79 Å². The second-order valence-corrected chi connectivity index (χ2v) is 7.97. The van der Waals surface area contributed by atoms with E-state index in [2.05, 4.69) is 64.0 Å². The van der Waals surface area contributed by atoms with Crippen LogP contribution in [0.15, 0.2) is 29.3 Å². The van der Waals surface area contributed by atoms with Crippen molar-refractivity contribution >= 4 is 17.6 Å². The number of carbonyl (C=O) groups is 1. The highest BCUT2D eigenvalue weighted by molar-refractivity contribution is 5.81. The van der Waals surface area contributed by atoms with Gasteiger partial charge in [-0.05, 0) is 45.2 Å². The zero-order valence-corrected chi connectivity index (χ0v) is 17.3. The molecule has 0 aromatic heterocycles. The third kappa shape index (κ3) is 6.14. The predicted molar refractivity (Wildman–Crippen MR) is 116 cm³/mol. The van der Waals surface area contributed by atoms with Crippen LogP contribution < -0.4 is 20.9 Å². The molecule has 1 unspecified atom stereocenters. The summed E-state index contributed by atoms with van der Waals surface area (Å²) >= 11 is 0. The summed E-state index contributed by atoms with van der Waals surface area (Å²) in [6, 6.07) is 9.47. The van der Waals surface area contributed by atoms with Crippen molar-refractivity contribution in [1.82, 2.24) is 16.0 Å². The molecule has 2 fully saturated rings. The molecule has 154 valence electrons. The number of aryl methyl sites for hydroxylation is 1. The molecular formula is C22H35N5O. The highest BCUT2D eigenvalue weighted by atomic mass is 16.1. The van der Waals surface area contributed by atoms with E-state index in [1.54, 1.807) is 0 Å². The first kappa shape index (κ1) is 20.5. The fraction of sp³-hybridized carbons (Fsp3) is 0.636. The summed E-state index contributed by atoms with van der Waals surface area (Å²) in [5, 5.41) is 9.98. The van der Waals surface area contributed by atoms with Crippen molar-refractivity contribution in [2.24, 2.45) is 4.99 Å². The Balaban J connectivity index is 1.45. The van der Waals surface area contributed by atoms with Crippen molar-refractivity contribution in [3.8, 4) is 0 Å². The number of carbonyl (C=O) groups excluding carboxylic acids is 1. The largest absolute Gasteiger partial charge is 0.369 e. The normalized spacial score (nSPS) is 20.4. The van der Waals surface area contributed by atoms with Crippen molar-refractivity contribution in [1.29, 1.82) is 0 Å². The molecule has 6 nitrogen and oxygen atoms in total. The summed E-state index contributed by atoms with van der Waals surface area (Å²) in [5.74, 6) is 0.935. The lowest BCUT2D eigenvalue weighted by atomic mass is 10.2. The average Bonchev–Trinajstić information content (AvgIpc) is 3.35. The molecule has 0 bridgehead atoms. The molecule has 1 aromatic rings. The van der Waals surface area contributed by atoms with Crippen LogP contribution in [0.1, 0.15) is 51.0 Å². The van der Waals surface area contributed by atoms with E-state index in [0.717, 1.165) is 44.9 Å². The van der Waals surface area contributed by atoms with E-state index in [4.69, 9.17) is 0 Å². The van der Waals surface area contributed by atoms with Crippen LogP contribution in [0.3, 0.4) is 0 Å². The van der Waals surface area contributed by atoms with Gasteiger partial charge in [0, 0.05) is 43.8 Å². The first-order valence-corrected chi connectivity index (χ1v) is 10.8. The number of guanidine groups is 1. The van der Waals surface area contributed by atoms with E-state index in [-0.39, 0.29) is 5.91 Å². The Labute approximate surface area is 169 Å². The SMILES string of the molecule is CCNC(=NCCC(=O)NC1CCCC1)NC1CCN(c2ccc(C)cc2)C1. The van der Waals surface area contributed by atoms with Gasteiger partial charge < -0.3 is 20.9 Å². The zero-order chi connectivity index (χ0) is 19.8. The molecule has 1 aliphatic heterocycles. The Morgan fingerprint density at radius 1 is 1.11 bits per heavy atom. The number of amides is 1. The van der Waals surface area contributed by atoms with Crippen LogP contribution in [0.25, 0.3) is 0 Å². The van der Waals surface area contributed by atoms with Gasteiger partial charge in [0.05, 0.1) is 6.54 Å². The molecule has 6 heteroatoms. The lowest BCUT2D eigenvalue weighted by Gasteiger charge is -2.20. The van der Waals surface area contributed by atoms with Gasteiger partial charge in [-0.3, -0.25) is 9.79 Å². The fourth-order valence-electron chi connectivity index (χ4n) is 4.02. The van der Waals surface area contributed by atoms with Crippen molar-refractivity contribution in [2.75, 3.05) is 31.1 Å². The molecule has 0 radical (unpaired) electrons. The molecule has 1 aromatic carbocycles. The maximum Gasteiger partial charge on any atom is 0.222 e. The highest BCUT2D eigenvalue weighted by Crippen LogP contribution is 2.20. The average molecular weight is 386 g/mol. The molecule has 3 N–H and O–H groups in total. The summed E-state index contributed by atoms with van der Waals surface area (Å²) in [4.78, 5) is 19.1.